The molecule has 0 aromatic heterocycles. The molecule has 0 bridgehead atoms. The molecule has 0 unspecified atom stereocenters. The lowest BCUT2D eigenvalue weighted by Crippen LogP contribution is -2.33. The van der Waals surface area contributed by atoms with Crippen LogP contribution >= 0.6 is 0 Å². The number of nitrogens with one attached hydrogen (secondary N) is 1. The molecule has 1 aliphatic heterocycles. The first-order valence-electron chi connectivity index (χ1n) is 6.92. The minimum atomic E-state index is 0.110. The number of benzene rings is 1. The van der Waals surface area contributed by atoms with Crippen LogP contribution < -0.4 is 10.2 Å². The number of hydrogen-bond acceptors (Lipinski definition) is 3. The van der Waals surface area contributed by atoms with E-state index in [0.717, 1.165) is 19.6 Å². The molecule has 19 heavy (non-hydrogen) atoms. The van der Waals surface area contributed by atoms with Crippen LogP contribution in [0.3, 0.4) is 0 Å². The fourth-order valence-corrected chi connectivity index (χ4v) is 2.39. The molecule has 1 fully saturated rings. The molecule has 1 heterocycles. The summed E-state index contributed by atoms with van der Waals surface area (Å²) in [6.45, 7) is 3.43. The van der Waals surface area contributed by atoms with Crippen molar-refractivity contribution in [3.8, 4) is 0 Å². The van der Waals surface area contributed by atoms with Gasteiger partial charge < -0.3 is 15.1 Å². The number of carbonyl (C=O) groups is 1. The second kappa shape index (κ2) is 6.57. The molecular formula is C15H23N3O. The van der Waals surface area contributed by atoms with E-state index in [4.69, 9.17) is 0 Å². The van der Waals surface area contributed by atoms with Gasteiger partial charge in [-0.05, 0) is 24.5 Å². The molecule has 0 radical (unpaired) electrons. The molecule has 1 aliphatic rings. The zero-order valence-corrected chi connectivity index (χ0v) is 11.9. The van der Waals surface area contributed by atoms with Gasteiger partial charge in [-0.15, -0.1) is 0 Å². The molecular weight excluding hydrogens is 238 g/mol. The van der Waals surface area contributed by atoms with Gasteiger partial charge in [0, 0.05) is 39.4 Å². The Kier molecular flexibility index (Phi) is 4.80. The first-order chi connectivity index (χ1) is 9.18. The third-order valence-corrected chi connectivity index (χ3v) is 3.53. The van der Waals surface area contributed by atoms with Crippen molar-refractivity contribution in [1.82, 2.24) is 10.2 Å². The maximum Gasteiger partial charge on any atom is 0.236 e. The Morgan fingerprint density at radius 2 is 1.95 bits per heavy atom. The largest absolute Gasteiger partial charge is 0.371 e. The normalized spacial score (nSPS) is 14.7. The maximum atomic E-state index is 11.5. The van der Waals surface area contributed by atoms with Gasteiger partial charge in [0.25, 0.3) is 0 Å². The SMILES string of the molecule is CN(C)C(=O)CNCc1ccccc1N1CCCC1. The van der Waals surface area contributed by atoms with E-state index in [0.29, 0.717) is 6.54 Å². The Labute approximate surface area is 115 Å². The summed E-state index contributed by atoms with van der Waals surface area (Å²) in [4.78, 5) is 15.6. The Morgan fingerprint density at radius 1 is 1.26 bits per heavy atom. The fraction of sp³-hybridized carbons (Fsp3) is 0.533. The Bertz CT molecular complexity index is 425. The van der Waals surface area contributed by atoms with Crippen molar-refractivity contribution >= 4 is 11.6 Å². The van der Waals surface area contributed by atoms with Gasteiger partial charge in [-0.2, -0.15) is 0 Å². The molecule has 2 rings (SSSR count). The van der Waals surface area contributed by atoms with Crippen LogP contribution in [0.2, 0.25) is 0 Å². The van der Waals surface area contributed by atoms with E-state index < -0.39 is 0 Å². The van der Waals surface area contributed by atoms with Crippen molar-refractivity contribution in [3.63, 3.8) is 0 Å². The molecule has 104 valence electrons. The molecule has 0 aliphatic carbocycles. The topological polar surface area (TPSA) is 35.6 Å². The molecule has 0 saturated carbocycles. The van der Waals surface area contributed by atoms with Gasteiger partial charge in [0.2, 0.25) is 5.91 Å². The third-order valence-electron chi connectivity index (χ3n) is 3.53. The van der Waals surface area contributed by atoms with E-state index in [9.17, 15) is 4.79 Å². The molecule has 4 heteroatoms. The van der Waals surface area contributed by atoms with Crippen LogP contribution in [0.25, 0.3) is 0 Å². The molecule has 4 nitrogen and oxygen atoms in total. The van der Waals surface area contributed by atoms with Gasteiger partial charge in [-0.1, -0.05) is 18.2 Å². The summed E-state index contributed by atoms with van der Waals surface area (Å²) in [5.74, 6) is 0.110. The highest BCUT2D eigenvalue weighted by molar-refractivity contribution is 5.77. The highest BCUT2D eigenvalue weighted by Crippen LogP contribution is 2.24. The number of anilines is 1. The van der Waals surface area contributed by atoms with Crippen LogP contribution in [-0.4, -0.2) is 44.5 Å². The summed E-state index contributed by atoms with van der Waals surface area (Å²) in [5, 5.41) is 3.23. The van der Waals surface area contributed by atoms with Crippen molar-refractivity contribution in [2.24, 2.45) is 0 Å². The average Bonchev–Trinajstić information content (AvgIpc) is 2.93. The molecule has 1 aromatic rings. The van der Waals surface area contributed by atoms with Crippen molar-refractivity contribution < 1.29 is 4.79 Å². The van der Waals surface area contributed by atoms with Gasteiger partial charge in [0.05, 0.1) is 6.54 Å². The van der Waals surface area contributed by atoms with Crippen LogP contribution in [0, 0.1) is 0 Å². The fourth-order valence-electron chi connectivity index (χ4n) is 2.39. The Balaban J connectivity index is 1.94. The molecule has 1 saturated heterocycles. The van der Waals surface area contributed by atoms with Crippen molar-refractivity contribution in [2.75, 3.05) is 38.6 Å². The van der Waals surface area contributed by atoms with E-state index in [2.05, 4.69) is 34.5 Å². The predicted octanol–water partition coefficient (Wildman–Crippen LogP) is 1.46. The number of carbonyl (C=O) groups excluding carboxylic acids is 1. The highest BCUT2D eigenvalue weighted by atomic mass is 16.2. The second-order valence-corrected chi connectivity index (χ2v) is 5.21. The monoisotopic (exact) mass is 261 g/mol. The number of likely N-dealkylation sites (N-methyl/N-ethyl adjacent to an activating group) is 1. The van der Waals surface area contributed by atoms with Gasteiger partial charge in [-0.3, -0.25) is 4.79 Å². The van der Waals surface area contributed by atoms with E-state index in [1.54, 1.807) is 19.0 Å². The zero-order valence-electron chi connectivity index (χ0n) is 11.9. The third kappa shape index (κ3) is 3.70. The highest BCUT2D eigenvalue weighted by Gasteiger charge is 2.15. The molecule has 1 amide bonds. The number of amides is 1. The standard InChI is InChI=1S/C15H23N3O/c1-17(2)15(19)12-16-11-13-7-3-4-8-14(13)18-9-5-6-10-18/h3-4,7-8,16H,5-6,9-12H2,1-2H3. The Morgan fingerprint density at radius 3 is 2.63 bits per heavy atom. The second-order valence-electron chi connectivity index (χ2n) is 5.21. The van der Waals surface area contributed by atoms with Crippen LogP contribution in [0.4, 0.5) is 5.69 Å². The number of para-hydroxylation sites is 1. The number of rotatable bonds is 5. The minimum absolute atomic E-state index is 0.110. The van der Waals surface area contributed by atoms with Crippen LogP contribution in [0.1, 0.15) is 18.4 Å². The molecule has 0 spiro atoms. The summed E-state index contributed by atoms with van der Waals surface area (Å²) in [6, 6.07) is 8.46. The number of hydrogen-bond donors (Lipinski definition) is 1. The lowest BCUT2D eigenvalue weighted by Gasteiger charge is -2.21. The summed E-state index contributed by atoms with van der Waals surface area (Å²) in [6.07, 6.45) is 2.56. The molecule has 1 N–H and O–H groups in total. The lowest BCUT2D eigenvalue weighted by atomic mass is 10.1. The summed E-state index contributed by atoms with van der Waals surface area (Å²) in [7, 11) is 3.56. The first-order valence-corrected chi connectivity index (χ1v) is 6.92. The van der Waals surface area contributed by atoms with E-state index in [-0.39, 0.29) is 5.91 Å². The van der Waals surface area contributed by atoms with Crippen LogP contribution in [-0.2, 0) is 11.3 Å². The van der Waals surface area contributed by atoms with Crippen LogP contribution in [0.5, 0.6) is 0 Å². The lowest BCUT2D eigenvalue weighted by molar-refractivity contribution is -0.127. The summed E-state index contributed by atoms with van der Waals surface area (Å²) < 4.78 is 0. The van der Waals surface area contributed by atoms with Gasteiger partial charge in [0.15, 0.2) is 0 Å². The van der Waals surface area contributed by atoms with Crippen molar-refractivity contribution in [3.05, 3.63) is 29.8 Å². The predicted molar refractivity (Wildman–Crippen MR) is 78.3 cm³/mol. The summed E-state index contributed by atoms with van der Waals surface area (Å²) in [5.41, 5.74) is 2.58. The Hall–Kier alpha value is -1.55. The zero-order chi connectivity index (χ0) is 13.7. The van der Waals surface area contributed by atoms with Gasteiger partial charge in [-0.25, -0.2) is 0 Å². The van der Waals surface area contributed by atoms with Gasteiger partial charge in [0.1, 0.15) is 0 Å². The average molecular weight is 261 g/mol. The van der Waals surface area contributed by atoms with E-state index >= 15 is 0 Å². The molecule has 1 aromatic carbocycles. The number of nitrogens with zero attached hydrogens (tertiary/aromatic N) is 2. The van der Waals surface area contributed by atoms with Gasteiger partial charge >= 0.3 is 0 Å². The van der Waals surface area contributed by atoms with Crippen LogP contribution in [0.15, 0.2) is 24.3 Å². The minimum Gasteiger partial charge on any atom is -0.371 e. The maximum absolute atomic E-state index is 11.5. The first kappa shape index (κ1) is 13.9. The summed E-state index contributed by atoms with van der Waals surface area (Å²) >= 11 is 0. The van der Waals surface area contributed by atoms with Crippen molar-refractivity contribution in [2.45, 2.75) is 19.4 Å². The van der Waals surface area contributed by atoms with Crippen molar-refractivity contribution in [1.29, 1.82) is 0 Å². The van der Waals surface area contributed by atoms with E-state index in [1.165, 1.54) is 24.1 Å². The smallest absolute Gasteiger partial charge is 0.236 e. The quantitative estimate of drug-likeness (QED) is 0.872. The molecule has 0 atom stereocenters. The van der Waals surface area contributed by atoms with E-state index in [1.807, 2.05) is 0 Å².